The van der Waals surface area contributed by atoms with Crippen LogP contribution in [0, 0.1) is 5.92 Å². The van der Waals surface area contributed by atoms with Gasteiger partial charge in [0, 0.05) is 18.0 Å². The minimum absolute atomic E-state index is 0.584. The molecular formula is C12H14ClNO. The maximum absolute atomic E-state index is 6.16. The van der Waals surface area contributed by atoms with Crippen LogP contribution in [0.5, 0.6) is 5.75 Å². The first-order valence-corrected chi connectivity index (χ1v) is 5.86. The predicted octanol–water partition coefficient (Wildman–Crippen LogP) is 2.43. The molecule has 2 aliphatic heterocycles. The lowest BCUT2D eigenvalue weighted by molar-refractivity contribution is 0.296. The minimum Gasteiger partial charge on any atom is -0.492 e. The van der Waals surface area contributed by atoms with Crippen LogP contribution in [0.2, 0.25) is 5.02 Å². The highest BCUT2D eigenvalue weighted by atomic mass is 35.5. The van der Waals surface area contributed by atoms with Gasteiger partial charge in [-0.25, -0.2) is 0 Å². The van der Waals surface area contributed by atoms with Crippen LogP contribution in [0.1, 0.15) is 17.9 Å². The lowest BCUT2D eigenvalue weighted by Crippen LogP contribution is -2.11. The quantitative estimate of drug-likeness (QED) is 0.730. The standard InChI is InChI=1S/C12H14ClNO/c13-11-3-1-2-9-10-7-14-6-8(10)4-5-15-12(9)11/h1-3,8,10,14H,4-7H2/t8-,10-/m0/s1. The van der Waals surface area contributed by atoms with Crippen molar-refractivity contribution >= 4 is 11.6 Å². The first-order chi connectivity index (χ1) is 7.36. The monoisotopic (exact) mass is 223 g/mol. The summed E-state index contributed by atoms with van der Waals surface area (Å²) in [6.45, 7) is 2.96. The zero-order chi connectivity index (χ0) is 10.3. The summed E-state index contributed by atoms with van der Waals surface area (Å²) in [6, 6.07) is 6.07. The maximum Gasteiger partial charge on any atom is 0.141 e. The Morgan fingerprint density at radius 3 is 3.20 bits per heavy atom. The van der Waals surface area contributed by atoms with Crippen molar-refractivity contribution in [2.75, 3.05) is 19.7 Å². The molecule has 1 aromatic carbocycles. The van der Waals surface area contributed by atoms with Gasteiger partial charge in [0.15, 0.2) is 0 Å². The Morgan fingerprint density at radius 1 is 1.33 bits per heavy atom. The topological polar surface area (TPSA) is 21.3 Å². The second-order valence-corrected chi connectivity index (χ2v) is 4.73. The van der Waals surface area contributed by atoms with Crippen molar-refractivity contribution in [2.24, 2.45) is 5.92 Å². The van der Waals surface area contributed by atoms with Gasteiger partial charge in [-0.1, -0.05) is 23.7 Å². The van der Waals surface area contributed by atoms with Crippen molar-refractivity contribution < 1.29 is 4.74 Å². The molecule has 1 N–H and O–H groups in total. The Bertz CT molecular complexity index is 380. The van der Waals surface area contributed by atoms with Crippen molar-refractivity contribution in [3.05, 3.63) is 28.8 Å². The zero-order valence-electron chi connectivity index (χ0n) is 8.50. The number of nitrogens with one attached hydrogen (secondary N) is 1. The van der Waals surface area contributed by atoms with E-state index in [4.69, 9.17) is 16.3 Å². The fourth-order valence-electron chi connectivity index (χ4n) is 2.68. The third kappa shape index (κ3) is 1.52. The largest absolute Gasteiger partial charge is 0.492 e. The molecule has 0 bridgehead atoms. The summed E-state index contributed by atoms with van der Waals surface area (Å²) in [5, 5.41) is 4.20. The summed E-state index contributed by atoms with van der Waals surface area (Å²) >= 11 is 6.16. The van der Waals surface area contributed by atoms with E-state index in [1.807, 2.05) is 12.1 Å². The summed E-state index contributed by atoms with van der Waals surface area (Å²) < 4.78 is 5.76. The predicted molar refractivity (Wildman–Crippen MR) is 60.7 cm³/mol. The van der Waals surface area contributed by atoms with Gasteiger partial charge in [-0.05, 0) is 24.9 Å². The molecular weight excluding hydrogens is 210 g/mol. The van der Waals surface area contributed by atoms with E-state index >= 15 is 0 Å². The molecule has 2 heterocycles. The van der Waals surface area contributed by atoms with Crippen LogP contribution in [-0.4, -0.2) is 19.7 Å². The Labute approximate surface area is 94.6 Å². The van der Waals surface area contributed by atoms with Gasteiger partial charge in [0.1, 0.15) is 5.75 Å². The maximum atomic E-state index is 6.16. The Balaban J connectivity index is 2.09. The van der Waals surface area contributed by atoms with Gasteiger partial charge in [0.25, 0.3) is 0 Å². The van der Waals surface area contributed by atoms with E-state index in [1.165, 1.54) is 5.56 Å². The molecule has 80 valence electrons. The number of benzene rings is 1. The molecule has 15 heavy (non-hydrogen) atoms. The number of halogens is 1. The van der Waals surface area contributed by atoms with Gasteiger partial charge < -0.3 is 10.1 Å². The Kier molecular flexibility index (Phi) is 2.33. The number of hydrogen-bond acceptors (Lipinski definition) is 2. The molecule has 0 saturated carbocycles. The molecule has 1 saturated heterocycles. The van der Waals surface area contributed by atoms with E-state index in [0.29, 0.717) is 11.8 Å². The lowest BCUT2D eigenvalue weighted by Gasteiger charge is -2.16. The lowest BCUT2D eigenvalue weighted by atomic mass is 9.87. The average Bonchev–Trinajstić information content (AvgIpc) is 2.62. The van der Waals surface area contributed by atoms with E-state index in [1.54, 1.807) is 0 Å². The SMILES string of the molecule is Clc1cccc2c1OCC[C@H]1CNC[C@H]21. The molecule has 3 heteroatoms. The van der Waals surface area contributed by atoms with Crippen LogP contribution >= 0.6 is 11.6 Å². The molecule has 3 rings (SSSR count). The van der Waals surface area contributed by atoms with Gasteiger partial charge in [0.05, 0.1) is 11.6 Å². The zero-order valence-corrected chi connectivity index (χ0v) is 9.26. The summed E-state index contributed by atoms with van der Waals surface area (Å²) in [7, 11) is 0. The number of hydrogen-bond donors (Lipinski definition) is 1. The molecule has 0 unspecified atom stereocenters. The number of fused-ring (bicyclic) bond motifs is 3. The first-order valence-electron chi connectivity index (χ1n) is 5.48. The molecule has 0 aliphatic carbocycles. The minimum atomic E-state index is 0.584. The van der Waals surface area contributed by atoms with Gasteiger partial charge in [-0.3, -0.25) is 0 Å². The van der Waals surface area contributed by atoms with Gasteiger partial charge in [-0.2, -0.15) is 0 Å². The smallest absolute Gasteiger partial charge is 0.141 e. The second-order valence-electron chi connectivity index (χ2n) is 4.32. The van der Waals surface area contributed by atoms with Crippen LogP contribution in [-0.2, 0) is 0 Å². The second kappa shape index (κ2) is 3.69. The van der Waals surface area contributed by atoms with Crippen molar-refractivity contribution in [1.29, 1.82) is 0 Å². The van der Waals surface area contributed by atoms with Crippen LogP contribution < -0.4 is 10.1 Å². The van der Waals surface area contributed by atoms with Crippen LogP contribution in [0.3, 0.4) is 0 Å². The molecule has 2 atom stereocenters. The summed E-state index contributed by atoms with van der Waals surface area (Å²) in [6.07, 6.45) is 1.13. The number of ether oxygens (including phenoxy) is 1. The molecule has 1 fully saturated rings. The first kappa shape index (κ1) is 9.49. The number of rotatable bonds is 0. The average molecular weight is 224 g/mol. The summed E-state index contributed by atoms with van der Waals surface area (Å²) in [5.74, 6) is 2.21. The van der Waals surface area contributed by atoms with Gasteiger partial charge in [0.2, 0.25) is 0 Å². The third-order valence-electron chi connectivity index (χ3n) is 3.47. The van der Waals surface area contributed by atoms with E-state index in [9.17, 15) is 0 Å². The van der Waals surface area contributed by atoms with E-state index in [0.717, 1.165) is 36.9 Å². The molecule has 0 amide bonds. The molecule has 2 nitrogen and oxygen atoms in total. The Hall–Kier alpha value is -0.730. The van der Waals surface area contributed by atoms with Gasteiger partial charge in [-0.15, -0.1) is 0 Å². The normalized spacial score (nSPS) is 28.9. The van der Waals surface area contributed by atoms with Crippen molar-refractivity contribution in [3.63, 3.8) is 0 Å². The van der Waals surface area contributed by atoms with Crippen molar-refractivity contribution in [3.8, 4) is 5.75 Å². The fraction of sp³-hybridized carbons (Fsp3) is 0.500. The highest BCUT2D eigenvalue weighted by Crippen LogP contribution is 2.41. The van der Waals surface area contributed by atoms with E-state index in [2.05, 4.69) is 11.4 Å². The van der Waals surface area contributed by atoms with Gasteiger partial charge >= 0.3 is 0 Å². The van der Waals surface area contributed by atoms with Crippen LogP contribution in [0.4, 0.5) is 0 Å². The number of para-hydroxylation sites is 1. The fourth-order valence-corrected chi connectivity index (χ4v) is 2.92. The highest BCUT2D eigenvalue weighted by Gasteiger charge is 2.33. The molecule has 2 aliphatic rings. The molecule has 1 aromatic rings. The molecule has 0 aromatic heterocycles. The summed E-state index contributed by atoms with van der Waals surface area (Å²) in [4.78, 5) is 0. The van der Waals surface area contributed by atoms with Crippen LogP contribution in [0.15, 0.2) is 18.2 Å². The molecule has 0 spiro atoms. The highest BCUT2D eigenvalue weighted by molar-refractivity contribution is 6.32. The van der Waals surface area contributed by atoms with Crippen molar-refractivity contribution in [2.45, 2.75) is 12.3 Å². The summed E-state index contributed by atoms with van der Waals surface area (Å²) in [5.41, 5.74) is 1.29. The molecule has 0 radical (unpaired) electrons. The van der Waals surface area contributed by atoms with Crippen LogP contribution in [0.25, 0.3) is 0 Å². The van der Waals surface area contributed by atoms with E-state index < -0.39 is 0 Å². The Morgan fingerprint density at radius 2 is 2.27 bits per heavy atom. The third-order valence-corrected chi connectivity index (χ3v) is 3.77. The van der Waals surface area contributed by atoms with E-state index in [-0.39, 0.29) is 0 Å². The van der Waals surface area contributed by atoms with Crippen molar-refractivity contribution in [1.82, 2.24) is 5.32 Å².